The molecule has 3 N–H and O–H groups in total. The zero-order valence-corrected chi connectivity index (χ0v) is 14.2. The molecular weight excluding hydrogens is 330 g/mol. The van der Waals surface area contributed by atoms with Gasteiger partial charge in [-0.05, 0) is 25.0 Å². The third kappa shape index (κ3) is 4.40. The summed E-state index contributed by atoms with van der Waals surface area (Å²) in [4.78, 5) is 7.67. The van der Waals surface area contributed by atoms with Crippen LogP contribution in [0.3, 0.4) is 0 Å². The molecule has 1 unspecified atom stereocenters. The zero-order valence-electron chi connectivity index (χ0n) is 12.7. The molecule has 2 rings (SSSR count). The third-order valence-corrected chi connectivity index (χ3v) is 4.28. The van der Waals surface area contributed by atoms with Crippen LogP contribution in [-0.2, 0) is 6.54 Å². The summed E-state index contributed by atoms with van der Waals surface area (Å²) in [6.45, 7) is 7.02. The Kier molecular flexibility index (Phi) is 5.19. The van der Waals surface area contributed by atoms with Crippen LogP contribution in [0.5, 0.6) is 0 Å². The minimum Gasteiger partial charge on any atom is -0.389 e. The molecule has 5 heteroatoms. The first-order valence-electron chi connectivity index (χ1n) is 7.11. The molecular formula is C16H22BrN3O. The lowest BCUT2D eigenvalue weighted by atomic mass is 9.93. The van der Waals surface area contributed by atoms with E-state index in [0.717, 1.165) is 21.6 Å². The normalized spacial score (nSPS) is 14.4. The van der Waals surface area contributed by atoms with E-state index >= 15 is 0 Å². The maximum Gasteiger partial charge on any atom is 0.120 e. The molecule has 0 saturated heterocycles. The number of nitrogens with zero attached hydrogens (tertiary/aromatic N) is 1. The molecule has 1 heterocycles. The number of hydrogen-bond acceptors (Lipinski definition) is 3. The Morgan fingerprint density at radius 1 is 1.43 bits per heavy atom. The standard InChI is InChI=1S/C16H22BrN3O/c1-11(2)16(3,21)10-18-9-15-19-8-14(20-15)12-5-4-6-13(17)7-12/h4-8,11,18,21H,9-10H2,1-3H3,(H,19,20). The van der Waals surface area contributed by atoms with Gasteiger partial charge in [0.15, 0.2) is 0 Å². The van der Waals surface area contributed by atoms with Gasteiger partial charge < -0.3 is 15.4 Å². The van der Waals surface area contributed by atoms with Gasteiger partial charge in [-0.2, -0.15) is 0 Å². The van der Waals surface area contributed by atoms with Crippen molar-refractivity contribution in [2.45, 2.75) is 32.9 Å². The van der Waals surface area contributed by atoms with Gasteiger partial charge in [-0.3, -0.25) is 0 Å². The molecule has 0 aliphatic heterocycles. The molecule has 0 aliphatic rings. The topological polar surface area (TPSA) is 60.9 Å². The Morgan fingerprint density at radius 3 is 2.86 bits per heavy atom. The number of H-pyrrole nitrogens is 1. The van der Waals surface area contributed by atoms with Crippen molar-refractivity contribution in [2.75, 3.05) is 6.54 Å². The lowest BCUT2D eigenvalue weighted by Gasteiger charge is -2.27. The van der Waals surface area contributed by atoms with E-state index in [1.165, 1.54) is 0 Å². The number of rotatable bonds is 6. The van der Waals surface area contributed by atoms with E-state index in [9.17, 15) is 5.11 Å². The predicted molar refractivity (Wildman–Crippen MR) is 88.9 cm³/mol. The monoisotopic (exact) mass is 351 g/mol. The third-order valence-electron chi connectivity index (χ3n) is 3.78. The summed E-state index contributed by atoms with van der Waals surface area (Å²) in [6.07, 6.45) is 1.83. The average Bonchev–Trinajstić information content (AvgIpc) is 2.87. The summed E-state index contributed by atoms with van der Waals surface area (Å²) in [5.41, 5.74) is 1.38. The fraction of sp³-hybridized carbons (Fsp3) is 0.438. The van der Waals surface area contributed by atoms with Crippen molar-refractivity contribution < 1.29 is 5.11 Å². The summed E-state index contributed by atoms with van der Waals surface area (Å²) in [5, 5.41) is 13.4. The van der Waals surface area contributed by atoms with Crippen LogP contribution in [0, 0.1) is 5.92 Å². The largest absolute Gasteiger partial charge is 0.389 e. The van der Waals surface area contributed by atoms with Gasteiger partial charge in [-0.15, -0.1) is 0 Å². The molecule has 0 fully saturated rings. The van der Waals surface area contributed by atoms with Crippen LogP contribution in [0.4, 0.5) is 0 Å². The van der Waals surface area contributed by atoms with Crippen molar-refractivity contribution in [1.29, 1.82) is 0 Å². The quantitative estimate of drug-likeness (QED) is 0.747. The van der Waals surface area contributed by atoms with Gasteiger partial charge in [-0.1, -0.05) is 41.9 Å². The number of aromatic amines is 1. The first-order valence-corrected chi connectivity index (χ1v) is 7.91. The number of benzene rings is 1. The fourth-order valence-corrected chi connectivity index (χ4v) is 2.29. The van der Waals surface area contributed by atoms with Crippen molar-refractivity contribution in [3.05, 3.63) is 40.8 Å². The highest BCUT2D eigenvalue weighted by atomic mass is 79.9. The minimum atomic E-state index is -0.709. The Balaban J connectivity index is 1.95. The van der Waals surface area contributed by atoms with Crippen LogP contribution in [0.15, 0.2) is 34.9 Å². The first kappa shape index (κ1) is 16.2. The SMILES string of the molecule is CC(C)C(C)(O)CNCc1ncc(-c2cccc(Br)c2)[nH]1. The molecule has 0 spiro atoms. The molecule has 1 aromatic carbocycles. The lowest BCUT2D eigenvalue weighted by Crippen LogP contribution is -2.42. The van der Waals surface area contributed by atoms with Crippen LogP contribution in [-0.4, -0.2) is 27.2 Å². The van der Waals surface area contributed by atoms with Gasteiger partial charge in [0.1, 0.15) is 5.82 Å². The minimum absolute atomic E-state index is 0.207. The number of nitrogens with one attached hydrogen (secondary N) is 2. The number of hydrogen-bond donors (Lipinski definition) is 3. The number of aliphatic hydroxyl groups is 1. The second-order valence-electron chi connectivity index (χ2n) is 5.87. The highest BCUT2D eigenvalue weighted by Crippen LogP contribution is 2.21. The van der Waals surface area contributed by atoms with Gasteiger partial charge in [0.2, 0.25) is 0 Å². The predicted octanol–water partition coefficient (Wildman–Crippen LogP) is 3.34. The summed E-state index contributed by atoms with van der Waals surface area (Å²) >= 11 is 3.47. The summed E-state index contributed by atoms with van der Waals surface area (Å²) in [5.74, 6) is 1.07. The van der Waals surface area contributed by atoms with E-state index < -0.39 is 5.60 Å². The highest BCUT2D eigenvalue weighted by Gasteiger charge is 2.24. The van der Waals surface area contributed by atoms with Crippen molar-refractivity contribution in [3.63, 3.8) is 0 Å². The maximum atomic E-state index is 10.2. The van der Waals surface area contributed by atoms with E-state index in [4.69, 9.17) is 0 Å². The number of aromatic nitrogens is 2. The van der Waals surface area contributed by atoms with Gasteiger partial charge in [-0.25, -0.2) is 4.98 Å². The van der Waals surface area contributed by atoms with Gasteiger partial charge in [0.25, 0.3) is 0 Å². The summed E-state index contributed by atoms with van der Waals surface area (Å²) in [6, 6.07) is 8.08. The lowest BCUT2D eigenvalue weighted by molar-refractivity contribution is 0.0139. The summed E-state index contributed by atoms with van der Waals surface area (Å²) < 4.78 is 1.04. The average molecular weight is 352 g/mol. The Bertz CT molecular complexity index is 593. The Labute approximate surface area is 134 Å². The molecule has 21 heavy (non-hydrogen) atoms. The highest BCUT2D eigenvalue weighted by molar-refractivity contribution is 9.10. The molecule has 0 amide bonds. The van der Waals surface area contributed by atoms with Crippen molar-refractivity contribution in [1.82, 2.24) is 15.3 Å². The van der Waals surface area contributed by atoms with Crippen molar-refractivity contribution >= 4 is 15.9 Å². The smallest absolute Gasteiger partial charge is 0.120 e. The summed E-state index contributed by atoms with van der Waals surface area (Å²) in [7, 11) is 0. The number of halogens is 1. The van der Waals surface area contributed by atoms with Crippen LogP contribution >= 0.6 is 15.9 Å². The fourth-order valence-electron chi connectivity index (χ4n) is 1.89. The molecule has 114 valence electrons. The van der Waals surface area contributed by atoms with Gasteiger partial charge in [0, 0.05) is 16.6 Å². The van der Waals surface area contributed by atoms with Gasteiger partial charge in [0.05, 0.1) is 24.0 Å². The Hall–Kier alpha value is -1.17. The molecule has 0 radical (unpaired) electrons. The molecule has 4 nitrogen and oxygen atoms in total. The second kappa shape index (κ2) is 6.73. The molecule has 2 aromatic rings. The van der Waals surface area contributed by atoms with E-state index in [1.807, 2.05) is 51.2 Å². The van der Waals surface area contributed by atoms with Crippen LogP contribution in [0.25, 0.3) is 11.3 Å². The zero-order chi connectivity index (χ0) is 15.5. The van der Waals surface area contributed by atoms with E-state index in [2.05, 4.69) is 31.2 Å². The maximum absolute atomic E-state index is 10.2. The molecule has 0 saturated carbocycles. The van der Waals surface area contributed by atoms with E-state index in [-0.39, 0.29) is 5.92 Å². The van der Waals surface area contributed by atoms with Crippen LogP contribution in [0.2, 0.25) is 0 Å². The van der Waals surface area contributed by atoms with Crippen LogP contribution < -0.4 is 5.32 Å². The van der Waals surface area contributed by atoms with Gasteiger partial charge >= 0.3 is 0 Å². The molecule has 1 aromatic heterocycles. The van der Waals surface area contributed by atoms with Crippen molar-refractivity contribution in [2.24, 2.45) is 5.92 Å². The van der Waals surface area contributed by atoms with Crippen molar-refractivity contribution in [3.8, 4) is 11.3 Å². The van der Waals surface area contributed by atoms with E-state index in [1.54, 1.807) is 0 Å². The first-order chi connectivity index (χ1) is 9.88. The Morgan fingerprint density at radius 2 is 2.19 bits per heavy atom. The number of imidazole rings is 1. The molecule has 0 aliphatic carbocycles. The van der Waals surface area contributed by atoms with Crippen LogP contribution in [0.1, 0.15) is 26.6 Å². The second-order valence-corrected chi connectivity index (χ2v) is 6.79. The van der Waals surface area contributed by atoms with E-state index in [0.29, 0.717) is 13.1 Å². The molecule has 1 atom stereocenters. The molecule has 0 bridgehead atoms.